The molecular weight excluding hydrogens is 274 g/mol. The van der Waals surface area contributed by atoms with E-state index < -0.39 is 0 Å². The Kier molecular flexibility index (Phi) is 7.30. The molecule has 0 saturated heterocycles. The van der Waals surface area contributed by atoms with E-state index in [-0.39, 0.29) is 12.4 Å². The van der Waals surface area contributed by atoms with E-state index in [4.69, 9.17) is 5.73 Å². The maximum atomic E-state index is 5.88. The zero-order valence-electron chi connectivity index (χ0n) is 12.1. The van der Waals surface area contributed by atoms with Crippen molar-refractivity contribution in [2.24, 2.45) is 0 Å². The monoisotopic (exact) mass is 297 g/mol. The summed E-state index contributed by atoms with van der Waals surface area (Å²) in [4.78, 5) is 8.74. The molecule has 20 heavy (non-hydrogen) atoms. The summed E-state index contributed by atoms with van der Waals surface area (Å²) in [5.74, 6) is 1.34. The van der Waals surface area contributed by atoms with Crippen LogP contribution in [0.15, 0.2) is 6.20 Å². The number of nitrogen functional groups attached to an aromatic ring is 1. The molecule has 2 rings (SSSR count). The maximum absolute atomic E-state index is 5.88. The lowest BCUT2D eigenvalue weighted by atomic mass is 10.1. The Bertz CT molecular complexity index is 511. The van der Waals surface area contributed by atoms with E-state index in [0.717, 1.165) is 24.1 Å². The van der Waals surface area contributed by atoms with Gasteiger partial charge in [-0.1, -0.05) is 45.4 Å². The molecule has 6 heteroatoms. The van der Waals surface area contributed by atoms with Gasteiger partial charge in [-0.3, -0.25) is 5.10 Å². The fourth-order valence-corrected chi connectivity index (χ4v) is 2.25. The highest BCUT2D eigenvalue weighted by atomic mass is 35.5. The first-order valence-electron chi connectivity index (χ1n) is 7.27. The van der Waals surface area contributed by atoms with Crippen molar-refractivity contribution in [3.8, 4) is 0 Å². The van der Waals surface area contributed by atoms with Crippen molar-refractivity contribution < 1.29 is 0 Å². The van der Waals surface area contributed by atoms with Gasteiger partial charge in [-0.15, -0.1) is 12.4 Å². The SMILES string of the molecule is CCCCCCCCCc1nc(N)c2c[nH]nc2n1.Cl. The zero-order chi connectivity index (χ0) is 13.5. The number of nitrogens with one attached hydrogen (secondary N) is 1. The first-order valence-corrected chi connectivity index (χ1v) is 7.27. The van der Waals surface area contributed by atoms with Crippen molar-refractivity contribution in [1.29, 1.82) is 0 Å². The third-order valence-corrected chi connectivity index (χ3v) is 3.38. The Labute approximate surface area is 126 Å². The van der Waals surface area contributed by atoms with Gasteiger partial charge in [0.2, 0.25) is 0 Å². The van der Waals surface area contributed by atoms with E-state index >= 15 is 0 Å². The van der Waals surface area contributed by atoms with Crippen LogP contribution in [-0.2, 0) is 6.42 Å². The van der Waals surface area contributed by atoms with Crippen molar-refractivity contribution in [2.45, 2.75) is 58.3 Å². The summed E-state index contributed by atoms with van der Waals surface area (Å²) in [6, 6.07) is 0. The fraction of sp³-hybridized carbons (Fsp3) is 0.643. The number of anilines is 1. The molecule has 0 aliphatic rings. The van der Waals surface area contributed by atoms with Crippen LogP contribution < -0.4 is 5.73 Å². The minimum absolute atomic E-state index is 0. The average Bonchev–Trinajstić information content (AvgIpc) is 2.86. The predicted octanol–water partition coefficient (Wildman–Crippen LogP) is 3.65. The van der Waals surface area contributed by atoms with Gasteiger partial charge in [0.1, 0.15) is 11.6 Å². The molecule has 0 aromatic carbocycles. The molecule has 5 nitrogen and oxygen atoms in total. The molecule has 0 aliphatic heterocycles. The van der Waals surface area contributed by atoms with Gasteiger partial charge >= 0.3 is 0 Å². The van der Waals surface area contributed by atoms with E-state index in [2.05, 4.69) is 27.1 Å². The summed E-state index contributed by atoms with van der Waals surface area (Å²) in [6.07, 6.45) is 11.7. The molecule has 2 heterocycles. The Morgan fingerprint density at radius 1 is 1.05 bits per heavy atom. The number of unbranched alkanes of at least 4 members (excludes halogenated alkanes) is 6. The fourth-order valence-electron chi connectivity index (χ4n) is 2.25. The number of hydrogen-bond acceptors (Lipinski definition) is 4. The van der Waals surface area contributed by atoms with Crippen LogP contribution in [0.5, 0.6) is 0 Å². The molecule has 0 saturated carbocycles. The Balaban J connectivity index is 0.00000200. The van der Waals surface area contributed by atoms with E-state index in [0.29, 0.717) is 11.5 Å². The van der Waals surface area contributed by atoms with Crippen LogP contribution in [-0.4, -0.2) is 20.2 Å². The van der Waals surface area contributed by atoms with Crippen molar-refractivity contribution >= 4 is 29.3 Å². The summed E-state index contributed by atoms with van der Waals surface area (Å²) in [5.41, 5.74) is 6.55. The van der Waals surface area contributed by atoms with Gasteiger partial charge in [0.25, 0.3) is 0 Å². The van der Waals surface area contributed by atoms with Crippen LogP contribution in [0.3, 0.4) is 0 Å². The van der Waals surface area contributed by atoms with E-state index in [1.165, 1.54) is 38.5 Å². The second-order valence-electron chi connectivity index (χ2n) is 5.02. The number of rotatable bonds is 8. The number of aryl methyl sites for hydroxylation is 1. The zero-order valence-corrected chi connectivity index (χ0v) is 12.9. The molecule has 0 bridgehead atoms. The van der Waals surface area contributed by atoms with Gasteiger partial charge in [0.05, 0.1) is 5.39 Å². The Morgan fingerprint density at radius 3 is 2.50 bits per heavy atom. The van der Waals surface area contributed by atoms with Crippen molar-refractivity contribution in [2.75, 3.05) is 5.73 Å². The molecule has 0 atom stereocenters. The summed E-state index contributed by atoms with van der Waals surface area (Å²) in [5, 5.41) is 7.64. The largest absolute Gasteiger partial charge is 0.383 e. The molecule has 0 amide bonds. The highest BCUT2D eigenvalue weighted by Gasteiger charge is 2.06. The topological polar surface area (TPSA) is 80.5 Å². The highest BCUT2D eigenvalue weighted by molar-refractivity contribution is 5.85. The average molecular weight is 298 g/mol. The number of nitrogens with two attached hydrogens (primary N) is 1. The third-order valence-electron chi connectivity index (χ3n) is 3.38. The number of H-pyrrole nitrogens is 1. The van der Waals surface area contributed by atoms with E-state index in [9.17, 15) is 0 Å². The van der Waals surface area contributed by atoms with Gasteiger partial charge in [0, 0.05) is 12.6 Å². The molecule has 0 spiro atoms. The standard InChI is InChI=1S/C14H23N5.ClH/c1-2-3-4-5-6-7-8-9-12-17-13(15)11-10-16-19-14(11)18-12;/h10H,2-9H2,1H3,(H3,15,16,17,18,19);1H. The molecule has 2 aromatic rings. The number of fused-ring (bicyclic) bond motifs is 1. The van der Waals surface area contributed by atoms with Gasteiger partial charge < -0.3 is 5.73 Å². The molecule has 0 radical (unpaired) electrons. The summed E-state index contributed by atoms with van der Waals surface area (Å²) in [6.45, 7) is 2.24. The molecule has 0 unspecified atom stereocenters. The van der Waals surface area contributed by atoms with Gasteiger partial charge in [-0.25, -0.2) is 9.97 Å². The first kappa shape index (κ1) is 16.7. The van der Waals surface area contributed by atoms with Crippen LogP contribution in [0.4, 0.5) is 5.82 Å². The summed E-state index contributed by atoms with van der Waals surface area (Å²) in [7, 11) is 0. The molecule has 0 fully saturated rings. The first-order chi connectivity index (χ1) is 9.31. The summed E-state index contributed by atoms with van der Waals surface area (Å²) >= 11 is 0. The Hall–Kier alpha value is -1.36. The minimum atomic E-state index is 0. The van der Waals surface area contributed by atoms with Crippen LogP contribution in [0.25, 0.3) is 11.0 Å². The lowest BCUT2D eigenvalue weighted by molar-refractivity contribution is 0.585. The Morgan fingerprint density at radius 2 is 1.75 bits per heavy atom. The second-order valence-corrected chi connectivity index (χ2v) is 5.02. The van der Waals surface area contributed by atoms with Crippen LogP contribution in [0, 0.1) is 0 Å². The summed E-state index contributed by atoms with van der Waals surface area (Å²) < 4.78 is 0. The number of halogens is 1. The smallest absolute Gasteiger partial charge is 0.186 e. The molecule has 2 aromatic heterocycles. The number of nitrogens with zero attached hydrogens (tertiary/aromatic N) is 3. The van der Waals surface area contributed by atoms with Crippen LogP contribution in [0.1, 0.15) is 57.7 Å². The lowest BCUT2D eigenvalue weighted by Crippen LogP contribution is -2.00. The minimum Gasteiger partial charge on any atom is -0.383 e. The van der Waals surface area contributed by atoms with Crippen molar-refractivity contribution in [3.05, 3.63) is 12.0 Å². The second kappa shape index (κ2) is 8.74. The number of aromatic nitrogens is 4. The number of hydrogen-bond donors (Lipinski definition) is 2. The van der Waals surface area contributed by atoms with Crippen molar-refractivity contribution in [3.63, 3.8) is 0 Å². The molecule has 112 valence electrons. The predicted molar refractivity (Wildman–Crippen MR) is 85.0 cm³/mol. The van der Waals surface area contributed by atoms with Gasteiger partial charge in [-0.2, -0.15) is 5.10 Å². The quantitative estimate of drug-likeness (QED) is 0.729. The molecular formula is C14H24ClN5. The van der Waals surface area contributed by atoms with Crippen LogP contribution >= 0.6 is 12.4 Å². The maximum Gasteiger partial charge on any atom is 0.186 e. The van der Waals surface area contributed by atoms with Gasteiger partial charge in [-0.05, 0) is 6.42 Å². The van der Waals surface area contributed by atoms with Gasteiger partial charge in [0.15, 0.2) is 5.65 Å². The van der Waals surface area contributed by atoms with Crippen LogP contribution in [0.2, 0.25) is 0 Å². The molecule has 3 N–H and O–H groups in total. The highest BCUT2D eigenvalue weighted by Crippen LogP contribution is 2.16. The van der Waals surface area contributed by atoms with E-state index in [1.807, 2.05) is 0 Å². The molecule has 0 aliphatic carbocycles. The van der Waals surface area contributed by atoms with Crippen molar-refractivity contribution in [1.82, 2.24) is 20.2 Å². The normalized spacial score (nSPS) is 10.7. The van der Waals surface area contributed by atoms with E-state index in [1.54, 1.807) is 6.20 Å². The third kappa shape index (κ3) is 4.63. The number of aromatic amines is 1. The lowest BCUT2D eigenvalue weighted by Gasteiger charge is -2.02.